The Hall–Kier alpha value is -2.93. The highest BCUT2D eigenvalue weighted by Gasteiger charge is 2.22. The molecule has 2 aliphatic heterocycles. The summed E-state index contributed by atoms with van der Waals surface area (Å²) < 4.78 is 0. The molecule has 0 radical (unpaired) electrons. The van der Waals surface area contributed by atoms with Crippen molar-refractivity contribution in [3.63, 3.8) is 0 Å². The third kappa shape index (κ3) is 2.84. The highest BCUT2D eigenvalue weighted by atomic mass is 16.1. The molecule has 1 saturated heterocycles. The Morgan fingerprint density at radius 3 is 2.93 bits per heavy atom. The Kier molecular flexibility index (Phi) is 3.82. The summed E-state index contributed by atoms with van der Waals surface area (Å²) in [5, 5.41) is 9.78. The second-order valence-corrected chi connectivity index (χ2v) is 7.25. The minimum Gasteiger partial charge on any atom is -0.364 e. The molecule has 1 atom stereocenters. The lowest BCUT2D eigenvalue weighted by atomic mass is 10.1. The van der Waals surface area contributed by atoms with Gasteiger partial charge in [0.1, 0.15) is 11.3 Å². The molecule has 4 N–H and O–H groups in total. The van der Waals surface area contributed by atoms with E-state index in [1.807, 2.05) is 31.2 Å². The lowest BCUT2D eigenvalue weighted by molar-refractivity contribution is 0.0946. The molecule has 5 rings (SSSR count). The van der Waals surface area contributed by atoms with Gasteiger partial charge in [0.15, 0.2) is 0 Å². The first-order valence-corrected chi connectivity index (χ1v) is 9.44. The number of fused-ring (bicyclic) bond motifs is 2. The minimum absolute atomic E-state index is 0.0167. The number of aryl methyl sites for hydroxylation is 1. The number of rotatable bonds is 3. The van der Waals surface area contributed by atoms with Crippen molar-refractivity contribution < 1.29 is 4.79 Å². The number of aromatic nitrogens is 3. The van der Waals surface area contributed by atoms with E-state index in [0.717, 1.165) is 71.0 Å². The fourth-order valence-corrected chi connectivity index (χ4v) is 3.93. The molecular formula is C20H22N6O. The standard InChI is InChI=1S/C20H22N6O/c1-11-19(24-12-5-7-21-10-12)26-18-13(3-2-4-16(18)23-11)17-9-14-15(25-17)6-8-22-20(14)27/h2-4,9,12,21,25H,5-8,10H2,1H3,(H,22,27)(H,24,26)/t12-/m0/s1. The van der Waals surface area contributed by atoms with Crippen LogP contribution in [0.1, 0.15) is 28.2 Å². The number of carbonyl (C=O) groups excluding carboxylic acids is 1. The van der Waals surface area contributed by atoms with Crippen LogP contribution in [0.4, 0.5) is 5.82 Å². The summed E-state index contributed by atoms with van der Waals surface area (Å²) in [6.45, 7) is 4.63. The summed E-state index contributed by atoms with van der Waals surface area (Å²) in [6, 6.07) is 8.30. The number of aromatic amines is 1. The first-order chi connectivity index (χ1) is 13.2. The van der Waals surface area contributed by atoms with Gasteiger partial charge in [-0.05, 0) is 32.0 Å². The summed E-state index contributed by atoms with van der Waals surface area (Å²) in [7, 11) is 0. The highest BCUT2D eigenvalue weighted by Crippen LogP contribution is 2.30. The zero-order valence-electron chi connectivity index (χ0n) is 15.2. The summed E-state index contributed by atoms with van der Waals surface area (Å²) in [4.78, 5) is 25.2. The number of para-hydroxylation sites is 1. The van der Waals surface area contributed by atoms with Gasteiger partial charge in [-0.2, -0.15) is 0 Å². The Balaban J connectivity index is 1.61. The van der Waals surface area contributed by atoms with Gasteiger partial charge in [-0.1, -0.05) is 12.1 Å². The van der Waals surface area contributed by atoms with Gasteiger partial charge in [-0.15, -0.1) is 0 Å². The van der Waals surface area contributed by atoms with E-state index in [-0.39, 0.29) is 5.91 Å². The maximum absolute atomic E-state index is 12.1. The molecular weight excluding hydrogens is 340 g/mol. The largest absolute Gasteiger partial charge is 0.364 e. The van der Waals surface area contributed by atoms with Crippen LogP contribution in [0.5, 0.6) is 0 Å². The third-order valence-corrected chi connectivity index (χ3v) is 5.37. The van der Waals surface area contributed by atoms with Crippen LogP contribution in [0.2, 0.25) is 0 Å². The number of amides is 1. The fourth-order valence-electron chi connectivity index (χ4n) is 3.93. The van der Waals surface area contributed by atoms with Crippen LogP contribution in [0.3, 0.4) is 0 Å². The Morgan fingerprint density at radius 2 is 2.11 bits per heavy atom. The number of nitrogens with zero attached hydrogens (tertiary/aromatic N) is 2. The molecule has 0 saturated carbocycles. The van der Waals surface area contributed by atoms with Gasteiger partial charge in [-0.3, -0.25) is 4.79 Å². The number of nitrogens with one attached hydrogen (secondary N) is 4. The maximum atomic E-state index is 12.1. The molecule has 0 spiro atoms. The minimum atomic E-state index is -0.0167. The van der Waals surface area contributed by atoms with Gasteiger partial charge in [-0.25, -0.2) is 9.97 Å². The van der Waals surface area contributed by atoms with E-state index in [1.54, 1.807) is 0 Å². The van der Waals surface area contributed by atoms with Crippen LogP contribution in [0.25, 0.3) is 22.3 Å². The number of anilines is 1. The zero-order chi connectivity index (χ0) is 18.4. The van der Waals surface area contributed by atoms with Crippen LogP contribution >= 0.6 is 0 Å². The van der Waals surface area contributed by atoms with E-state index in [4.69, 9.17) is 9.97 Å². The second kappa shape index (κ2) is 6.35. The number of hydrogen-bond donors (Lipinski definition) is 4. The first kappa shape index (κ1) is 16.3. The molecule has 0 bridgehead atoms. The zero-order valence-corrected chi connectivity index (χ0v) is 15.2. The predicted octanol–water partition coefficient (Wildman–Crippen LogP) is 1.99. The molecule has 1 amide bonds. The third-order valence-electron chi connectivity index (χ3n) is 5.37. The van der Waals surface area contributed by atoms with Crippen LogP contribution in [0.15, 0.2) is 24.3 Å². The second-order valence-electron chi connectivity index (χ2n) is 7.25. The fraction of sp³-hybridized carbons (Fsp3) is 0.350. The number of carbonyl (C=O) groups is 1. The lowest BCUT2D eigenvalue weighted by Crippen LogP contribution is -2.31. The van der Waals surface area contributed by atoms with Crippen molar-refractivity contribution in [3.8, 4) is 11.3 Å². The molecule has 138 valence electrons. The van der Waals surface area contributed by atoms with Gasteiger partial charge in [0.2, 0.25) is 0 Å². The maximum Gasteiger partial charge on any atom is 0.253 e. The molecule has 1 fully saturated rings. The number of benzene rings is 1. The Bertz CT molecular complexity index is 1030. The predicted molar refractivity (Wildman–Crippen MR) is 105 cm³/mol. The molecule has 4 heterocycles. The van der Waals surface area contributed by atoms with E-state index in [1.165, 1.54) is 0 Å². The smallest absolute Gasteiger partial charge is 0.253 e. The molecule has 0 unspecified atom stereocenters. The number of hydrogen-bond acceptors (Lipinski definition) is 5. The van der Waals surface area contributed by atoms with E-state index in [0.29, 0.717) is 12.6 Å². The van der Waals surface area contributed by atoms with Crippen LogP contribution in [-0.2, 0) is 6.42 Å². The topological polar surface area (TPSA) is 94.7 Å². The molecule has 0 aliphatic carbocycles. The Labute approximate surface area is 157 Å². The molecule has 7 heteroatoms. The van der Waals surface area contributed by atoms with Gasteiger partial charge in [0, 0.05) is 42.5 Å². The van der Waals surface area contributed by atoms with Gasteiger partial charge < -0.3 is 20.9 Å². The first-order valence-electron chi connectivity index (χ1n) is 9.44. The van der Waals surface area contributed by atoms with E-state index >= 15 is 0 Å². The van der Waals surface area contributed by atoms with Crippen LogP contribution in [0, 0.1) is 6.92 Å². The quantitative estimate of drug-likeness (QED) is 0.572. The summed E-state index contributed by atoms with van der Waals surface area (Å²) >= 11 is 0. The molecule has 27 heavy (non-hydrogen) atoms. The van der Waals surface area contributed by atoms with Crippen molar-refractivity contribution in [1.29, 1.82) is 0 Å². The highest BCUT2D eigenvalue weighted by molar-refractivity contribution is 5.99. The van der Waals surface area contributed by atoms with Crippen molar-refractivity contribution in [1.82, 2.24) is 25.6 Å². The molecule has 2 aliphatic rings. The van der Waals surface area contributed by atoms with Crippen molar-refractivity contribution in [2.75, 3.05) is 25.0 Å². The summed E-state index contributed by atoms with van der Waals surface area (Å²) in [5.74, 6) is 0.815. The van der Waals surface area contributed by atoms with E-state index < -0.39 is 0 Å². The van der Waals surface area contributed by atoms with Gasteiger partial charge in [0.05, 0.1) is 16.8 Å². The van der Waals surface area contributed by atoms with E-state index in [9.17, 15) is 4.79 Å². The average Bonchev–Trinajstić information content (AvgIpc) is 3.32. The molecule has 7 nitrogen and oxygen atoms in total. The normalized spacial score (nSPS) is 19.1. The lowest BCUT2D eigenvalue weighted by Gasteiger charge is -2.15. The van der Waals surface area contributed by atoms with Crippen molar-refractivity contribution in [2.24, 2.45) is 0 Å². The molecule has 1 aromatic carbocycles. The van der Waals surface area contributed by atoms with Crippen LogP contribution in [-0.4, -0.2) is 46.5 Å². The summed E-state index contributed by atoms with van der Waals surface area (Å²) in [5.41, 5.74) is 6.19. The molecule has 3 aromatic rings. The Morgan fingerprint density at radius 1 is 1.19 bits per heavy atom. The number of H-pyrrole nitrogens is 1. The SMILES string of the molecule is Cc1nc2cccc(-c3cc4c([nH]3)CCNC4=O)c2nc1N[C@H]1CCNC1. The molecule has 2 aromatic heterocycles. The van der Waals surface area contributed by atoms with Crippen molar-refractivity contribution in [2.45, 2.75) is 25.8 Å². The monoisotopic (exact) mass is 362 g/mol. The van der Waals surface area contributed by atoms with Crippen molar-refractivity contribution in [3.05, 3.63) is 41.2 Å². The van der Waals surface area contributed by atoms with Gasteiger partial charge >= 0.3 is 0 Å². The van der Waals surface area contributed by atoms with Crippen LogP contribution < -0.4 is 16.0 Å². The van der Waals surface area contributed by atoms with E-state index in [2.05, 4.69) is 20.9 Å². The van der Waals surface area contributed by atoms with Crippen molar-refractivity contribution >= 4 is 22.8 Å². The average molecular weight is 362 g/mol. The summed E-state index contributed by atoms with van der Waals surface area (Å²) in [6.07, 6.45) is 1.90. The van der Waals surface area contributed by atoms with Gasteiger partial charge in [0.25, 0.3) is 5.91 Å².